The zero-order chi connectivity index (χ0) is 8.43. The smallest absolute Gasteiger partial charge is 0.201 e. The van der Waals surface area contributed by atoms with Gasteiger partial charge in [-0.25, -0.2) is 0 Å². The average molecular weight is 172 g/mol. The maximum atomic E-state index is 9.15. The summed E-state index contributed by atoms with van der Waals surface area (Å²) in [6, 6.07) is 2.89. The lowest BCUT2D eigenvalue weighted by molar-refractivity contribution is 0.344. The Morgan fingerprint density at radius 1 is 1.36 bits per heavy atom. The van der Waals surface area contributed by atoms with Crippen molar-refractivity contribution in [3.05, 3.63) is 12.1 Å². The van der Waals surface area contributed by atoms with Crippen LogP contribution in [0.3, 0.4) is 0 Å². The monoisotopic (exact) mass is 172 g/mol. The van der Waals surface area contributed by atoms with E-state index in [-0.39, 0.29) is 17.2 Å². The maximum Gasteiger partial charge on any atom is 0.201 e. The molecule has 60 valence electrons. The molecule has 2 N–H and O–H groups in total. The van der Waals surface area contributed by atoms with Crippen LogP contribution in [0.25, 0.3) is 0 Å². The molecule has 1 aromatic carbocycles. The summed E-state index contributed by atoms with van der Waals surface area (Å²) in [6.45, 7) is 0. The van der Waals surface area contributed by atoms with Crippen LogP contribution < -0.4 is 4.74 Å². The highest BCUT2D eigenvalue weighted by Crippen LogP contribution is 2.39. The third-order valence-corrected chi connectivity index (χ3v) is 1.65. The number of phenolic OH excluding ortho intramolecular Hbond substituents is 2. The van der Waals surface area contributed by atoms with Gasteiger partial charge in [0.2, 0.25) is 5.75 Å². The molecule has 0 aromatic heterocycles. The number of phenols is 2. The standard InChI is InChI=1S/C7H8O3S/c1-10-7-5(11)3-2-4(8)6(7)9/h2-3,8-9,11H,1H3. The molecule has 0 bridgehead atoms. The van der Waals surface area contributed by atoms with Crippen LogP contribution in [0, 0.1) is 0 Å². The van der Waals surface area contributed by atoms with E-state index in [9.17, 15) is 0 Å². The molecule has 0 atom stereocenters. The van der Waals surface area contributed by atoms with Gasteiger partial charge < -0.3 is 14.9 Å². The quantitative estimate of drug-likeness (QED) is 0.443. The number of methoxy groups -OCH3 is 1. The van der Waals surface area contributed by atoms with E-state index in [1.807, 2.05) is 0 Å². The second-order valence-corrected chi connectivity index (χ2v) is 2.47. The molecule has 11 heavy (non-hydrogen) atoms. The first-order valence-corrected chi connectivity index (χ1v) is 3.39. The van der Waals surface area contributed by atoms with E-state index in [2.05, 4.69) is 12.6 Å². The van der Waals surface area contributed by atoms with Crippen LogP contribution in [0.15, 0.2) is 17.0 Å². The minimum absolute atomic E-state index is 0.188. The zero-order valence-electron chi connectivity index (χ0n) is 5.90. The molecule has 0 saturated heterocycles. The molecule has 3 nitrogen and oxygen atoms in total. The molecule has 0 aliphatic carbocycles. The third kappa shape index (κ3) is 1.35. The molecular formula is C7H8O3S. The molecule has 1 rings (SSSR count). The molecule has 0 spiro atoms. The van der Waals surface area contributed by atoms with Crippen LogP contribution in [0.5, 0.6) is 17.2 Å². The maximum absolute atomic E-state index is 9.15. The van der Waals surface area contributed by atoms with Crippen molar-refractivity contribution in [3.63, 3.8) is 0 Å². The van der Waals surface area contributed by atoms with E-state index in [4.69, 9.17) is 14.9 Å². The third-order valence-electron chi connectivity index (χ3n) is 1.29. The molecular weight excluding hydrogens is 164 g/mol. The fourth-order valence-electron chi connectivity index (χ4n) is 0.751. The van der Waals surface area contributed by atoms with E-state index in [1.54, 1.807) is 0 Å². The summed E-state index contributed by atoms with van der Waals surface area (Å²) in [6.07, 6.45) is 0. The summed E-state index contributed by atoms with van der Waals surface area (Å²) >= 11 is 4.00. The number of rotatable bonds is 1. The van der Waals surface area contributed by atoms with Crippen molar-refractivity contribution in [1.29, 1.82) is 0 Å². The molecule has 0 amide bonds. The van der Waals surface area contributed by atoms with Gasteiger partial charge >= 0.3 is 0 Å². The minimum atomic E-state index is -0.278. The summed E-state index contributed by atoms with van der Waals surface area (Å²) in [7, 11) is 1.40. The van der Waals surface area contributed by atoms with E-state index < -0.39 is 0 Å². The Balaban J connectivity index is 3.29. The van der Waals surface area contributed by atoms with Gasteiger partial charge in [-0.3, -0.25) is 0 Å². The number of hydrogen-bond acceptors (Lipinski definition) is 4. The summed E-state index contributed by atoms with van der Waals surface area (Å²) in [5.74, 6) is -0.298. The lowest BCUT2D eigenvalue weighted by atomic mass is 10.3. The molecule has 0 unspecified atom stereocenters. The van der Waals surface area contributed by atoms with Crippen molar-refractivity contribution >= 4 is 12.6 Å². The van der Waals surface area contributed by atoms with Gasteiger partial charge in [0.05, 0.1) is 12.0 Å². The van der Waals surface area contributed by atoms with Crippen molar-refractivity contribution in [3.8, 4) is 17.2 Å². The molecule has 0 saturated carbocycles. The SMILES string of the molecule is COc1c(S)ccc(O)c1O. The Labute approximate surface area is 69.7 Å². The largest absolute Gasteiger partial charge is 0.504 e. The van der Waals surface area contributed by atoms with Gasteiger partial charge in [0, 0.05) is 0 Å². The van der Waals surface area contributed by atoms with Gasteiger partial charge in [0.15, 0.2) is 11.5 Å². The zero-order valence-corrected chi connectivity index (χ0v) is 6.80. The summed E-state index contributed by atoms with van der Waals surface area (Å²) in [5.41, 5.74) is 0. The van der Waals surface area contributed by atoms with E-state index >= 15 is 0 Å². The molecule has 4 heteroatoms. The molecule has 0 heterocycles. The number of aromatic hydroxyl groups is 2. The summed E-state index contributed by atoms with van der Waals surface area (Å²) in [5, 5.41) is 18.1. The Morgan fingerprint density at radius 3 is 2.45 bits per heavy atom. The molecule has 0 aliphatic heterocycles. The normalized spacial score (nSPS) is 9.64. The molecule has 0 radical (unpaired) electrons. The second-order valence-electron chi connectivity index (χ2n) is 1.99. The number of benzene rings is 1. The Morgan fingerprint density at radius 2 is 2.00 bits per heavy atom. The lowest BCUT2D eigenvalue weighted by Crippen LogP contribution is -1.85. The van der Waals surface area contributed by atoms with Crippen LogP contribution >= 0.6 is 12.6 Å². The van der Waals surface area contributed by atoms with Crippen molar-refractivity contribution in [2.45, 2.75) is 4.90 Å². The highest BCUT2D eigenvalue weighted by molar-refractivity contribution is 7.80. The van der Waals surface area contributed by atoms with Gasteiger partial charge in [-0.05, 0) is 12.1 Å². The summed E-state index contributed by atoms with van der Waals surface area (Å²) < 4.78 is 4.77. The van der Waals surface area contributed by atoms with E-state index in [1.165, 1.54) is 19.2 Å². The predicted octanol–water partition coefficient (Wildman–Crippen LogP) is 1.40. The van der Waals surface area contributed by atoms with E-state index in [0.29, 0.717) is 4.90 Å². The van der Waals surface area contributed by atoms with Gasteiger partial charge in [-0.1, -0.05) is 0 Å². The number of ether oxygens (including phenoxy) is 1. The first-order valence-electron chi connectivity index (χ1n) is 2.94. The van der Waals surface area contributed by atoms with Crippen molar-refractivity contribution < 1.29 is 14.9 Å². The number of hydrogen-bond donors (Lipinski definition) is 3. The lowest BCUT2D eigenvalue weighted by Gasteiger charge is -2.06. The van der Waals surface area contributed by atoms with Crippen molar-refractivity contribution in [1.82, 2.24) is 0 Å². The minimum Gasteiger partial charge on any atom is -0.504 e. The summed E-state index contributed by atoms with van der Waals surface area (Å²) in [4.78, 5) is 0.489. The van der Waals surface area contributed by atoms with Gasteiger partial charge in [0.25, 0.3) is 0 Å². The molecule has 0 fully saturated rings. The van der Waals surface area contributed by atoms with Crippen LogP contribution in [0.2, 0.25) is 0 Å². The average Bonchev–Trinajstić information content (AvgIpc) is 1.99. The van der Waals surface area contributed by atoms with Crippen molar-refractivity contribution in [2.75, 3.05) is 7.11 Å². The predicted molar refractivity (Wildman–Crippen MR) is 43.6 cm³/mol. The van der Waals surface area contributed by atoms with Crippen LogP contribution in [-0.4, -0.2) is 17.3 Å². The Bertz CT molecular complexity index is 273. The highest BCUT2D eigenvalue weighted by atomic mass is 32.1. The van der Waals surface area contributed by atoms with Gasteiger partial charge in [0.1, 0.15) is 0 Å². The molecule has 1 aromatic rings. The first-order chi connectivity index (χ1) is 5.16. The number of thiol groups is 1. The first kappa shape index (κ1) is 8.07. The van der Waals surface area contributed by atoms with E-state index in [0.717, 1.165) is 0 Å². The Hall–Kier alpha value is -1.03. The fraction of sp³-hybridized carbons (Fsp3) is 0.143. The van der Waals surface area contributed by atoms with Crippen LogP contribution in [0.1, 0.15) is 0 Å². The van der Waals surface area contributed by atoms with Crippen LogP contribution in [-0.2, 0) is 0 Å². The fourth-order valence-corrected chi connectivity index (χ4v) is 1.02. The van der Waals surface area contributed by atoms with Gasteiger partial charge in [-0.15, -0.1) is 12.6 Å². The topological polar surface area (TPSA) is 49.7 Å². The van der Waals surface area contributed by atoms with Crippen molar-refractivity contribution in [2.24, 2.45) is 0 Å². The Kier molecular flexibility index (Phi) is 2.14. The van der Waals surface area contributed by atoms with Gasteiger partial charge in [-0.2, -0.15) is 0 Å². The highest BCUT2D eigenvalue weighted by Gasteiger charge is 2.09. The molecule has 0 aliphatic rings. The van der Waals surface area contributed by atoms with Crippen LogP contribution in [0.4, 0.5) is 0 Å². The second kappa shape index (κ2) is 2.92.